The van der Waals surface area contributed by atoms with E-state index < -0.39 is 0 Å². The molecule has 0 amide bonds. The summed E-state index contributed by atoms with van der Waals surface area (Å²) in [7, 11) is 0. The number of anilines is 3. The molecule has 2 heterocycles. The van der Waals surface area contributed by atoms with Crippen molar-refractivity contribution >= 4 is 114 Å². The molecule has 0 aliphatic rings. The van der Waals surface area contributed by atoms with Gasteiger partial charge < -0.3 is 4.90 Å². The first kappa shape index (κ1) is 36.4. The molecule has 0 aliphatic heterocycles. The molecule has 3 nitrogen and oxygen atoms in total. The maximum absolute atomic E-state index is 4.57. The van der Waals surface area contributed by atoms with Crippen molar-refractivity contribution < 1.29 is 0 Å². The zero-order chi connectivity index (χ0) is 43.7. The van der Waals surface area contributed by atoms with Crippen molar-refractivity contribution in [2.75, 3.05) is 4.90 Å². The number of benzene rings is 11. The smallest absolute Gasteiger partial charge is 0.0645 e. The molecule has 0 N–H and O–H groups in total. The second kappa shape index (κ2) is 13.8. The van der Waals surface area contributed by atoms with Crippen LogP contribution >= 0.6 is 0 Å². The van der Waals surface area contributed by atoms with Gasteiger partial charge in [-0.3, -0.25) is 9.97 Å². The lowest BCUT2D eigenvalue weighted by molar-refractivity contribution is 1.21. The van der Waals surface area contributed by atoms with Crippen LogP contribution in [0, 0.1) is 0 Å². The number of rotatable bonds is 6. The van der Waals surface area contributed by atoms with Gasteiger partial charge in [-0.2, -0.15) is 0 Å². The van der Waals surface area contributed by atoms with E-state index >= 15 is 0 Å². The van der Waals surface area contributed by atoms with Crippen molar-refractivity contribution in [3.63, 3.8) is 0 Å². The quantitative estimate of drug-likeness (QED) is 0.123. The van der Waals surface area contributed by atoms with Gasteiger partial charge in [0.15, 0.2) is 0 Å². The van der Waals surface area contributed by atoms with Gasteiger partial charge in [-0.15, -0.1) is 0 Å². The minimum Gasteiger partial charge on any atom is -0.307 e. The summed E-state index contributed by atoms with van der Waals surface area (Å²) in [5.41, 5.74) is 10.5. The highest BCUT2D eigenvalue weighted by atomic mass is 15.2. The zero-order valence-corrected chi connectivity index (χ0v) is 36.2. The van der Waals surface area contributed by atoms with E-state index in [-0.39, 0.29) is 0 Å². The Morgan fingerprint density at radius 2 is 0.657 bits per heavy atom. The van der Waals surface area contributed by atoms with Gasteiger partial charge in [0, 0.05) is 17.8 Å². The van der Waals surface area contributed by atoms with E-state index in [0.717, 1.165) is 17.1 Å². The molecule has 0 saturated heterocycles. The summed E-state index contributed by atoms with van der Waals surface area (Å²) in [6, 6.07) is 74.2. The molecular weight excluding hydrogens is 811 g/mol. The maximum Gasteiger partial charge on any atom is 0.0645 e. The van der Waals surface area contributed by atoms with Crippen LogP contribution in [0.1, 0.15) is 0 Å². The van der Waals surface area contributed by atoms with Crippen LogP contribution in [0.15, 0.2) is 225 Å². The molecule has 0 aliphatic carbocycles. The summed E-state index contributed by atoms with van der Waals surface area (Å²) in [6.45, 7) is 0. The largest absolute Gasteiger partial charge is 0.307 e. The topological polar surface area (TPSA) is 29.0 Å². The van der Waals surface area contributed by atoms with E-state index in [1.54, 1.807) is 0 Å². The molecule has 15 rings (SSSR count). The van der Waals surface area contributed by atoms with Crippen LogP contribution in [0.25, 0.3) is 130 Å². The third-order valence-corrected chi connectivity index (χ3v) is 14.6. The Kier molecular flexibility index (Phi) is 7.50. The third-order valence-electron chi connectivity index (χ3n) is 14.6. The fourth-order valence-corrected chi connectivity index (χ4v) is 12.1. The van der Waals surface area contributed by atoms with Gasteiger partial charge in [0.2, 0.25) is 0 Å². The minimum absolute atomic E-state index is 0.979. The van der Waals surface area contributed by atoms with Gasteiger partial charge in [0.1, 0.15) is 0 Å². The van der Waals surface area contributed by atoms with Crippen molar-refractivity contribution in [1.29, 1.82) is 0 Å². The molecule has 67 heavy (non-hydrogen) atoms. The van der Waals surface area contributed by atoms with Crippen LogP contribution in [0.4, 0.5) is 17.1 Å². The summed E-state index contributed by atoms with van der Waals surface area (Å²) in [4.78, 5) is 11.4. The normalized spacial score (nSPS) is 12.2. The molecule has 0 spiro atoms. The highest BCUT2D eigenvalue weighted by molar-refractivity contribution is 6.49. The van der Waals surface area contributed by atoms with E-state index in [1.807, 2.05) is 36.9 Å². The molecule has 0 bridgehead atoms. The molecule has 13 aromatic carbocycles. The molecule has 0 unspecified atom stereocenters. The first-order valence-corrected chi connectivity index (χ1v) is 23.1. The summed E-state index contributed by atoms with van der Waals surface area (Å²) in [5.74, 6) is 0. The maximum atomic E-state index is 4.57. The van der Waals surface area contributed by atoms with Gasteiger partial charge in [-0.25, -0.2) is 0 Å². The van der Waals surface area contributed by atoms with Crippen LogP contribution in [0.5, 0.6) is 0 Å². The van der Waals surface area contributed by atoms with Crippen molar-refractivity contribution in [3.05, 3.63) is 225 Å². The lowest BCUT2D eigenvalue weighted by atomic mass is 9.86. The standard InChI is InChI=1S/C64H37N3/c1-4-14-38(15-5-1)43-26-27-46-48-29-31-53-60-52(30-28-47(59(48)60)45-23-10-22-44(43)57(45)46)63-55(39-16-6-2-7-17-39)61-50-25-11-24-49-54(67(41-20-12-34-65-36-41)42-21-13-35-66-37-42)33-32-51(58(49)50)62(61)56(64(53)63)40-18-8-3-9-19-40/h1-37H. The monoisotopic (exact) mass is 847 g/mol. The van der Waals surface area contributed by atoms with Crippen LogP contribution in [-0.2, 0) is 0 Å². The second-order valence-electron chi connectivity index (χ2n) is 17.9. The van der Waals surface area contributed by atoms with Gasteiger partial charge in [0.25, 0.3) is 0 Å². The number of hydrogen-bond donors (Lipinski definition) is 0. The fourth-order valence-electron chi connectivity index (χ4n) is 12.1. The Morgan fingerprint density at radius 1 is 0.254 bits per heavy atom. The molecule has 308 valence electrons. The number of aromatic nitrogens is 2. The summed E-state index contributed by atoms with van der Waals surface area (Å²) in [6.07, 6.45) is 7.53. The van der Waals surface area contributed by atoms with Crippen LogP contribution in [-0.4, -0.2) is 9.97 Å². The predicted octanol–water partition coefficient (Wildman–Crippen LogP) is 17.6. The number of hydrogen-bond acceptors (Lipinski definition) is 3. The predicted molar refractivity (Wildman–Crippen MR) is 284 cm³/mol. The number of nitrogens with zero attached hydrogens (tertiary/aromatic N) is 3. The lowest BCUT2D eigenvalue weighted by Crippen LogP contribution is -2.10. The van der Waals surface area contributed by atoms with Gasteiger partial charge >= 0.3 is 0 Å². The second-order valence-corrected chi connectivity index (χ2v) is 17.9. The molecule has 0 atom stereocenters. The first-order chi connectivity index (χ1) is 33.3. The summed E-state index contributed by atoms with van der Waals surface area (Å²) in [5, 5.41) is 23.2. The zero-order valence-electron chi connectivity index (χ0n) is 36.2. The van der Waals surface area contributed by atoms with Crippen LogP contribution in [0.3, 0.4) is 0 Å². The van der Waals surface area contributed by atoms with E-state index in [4.69, 9.17) is 0 Å². The van der Waals surface area contributed by atoms with Gasteiger partial charge in [0.05, 0.1) is 29.5 Å². The van der Waals surface area contributed by atoms with Crippen molar-refractivity contribution in [1.82, 2.24) is 9.97 Å². The SMILES string of the molecule is c1ccc(-c2ccc3c4ccc5c6c(-c7ccccc7)c7c8ccc(N(c9cccnc9)c9cccnc9)c9cccc(c7c(-c7ccccc7)c6c6ccc(c7cccc2c73)c4c65)c98)cc1. The first-order valence-electron chi connectivity index (χ1n) is 23.1. The molecule has 0 saturated carbocycles. The highest BCUT2D eigenvalue weighted by Crippen LogP contribution is 2.58. The number of pyridine rings is 2. The van der Waals surface area contributed by atoms with E-state index in [0.29, 0.717) is 0 Å². The highest BCUT2D eigenvalue weighted by Gasteiger charge is 2.30. The fraction of sp³-hybridized carbons (Fsp3) is 0. The summed E-state index contributed by atoms with van der Waals surface area (Å²) < 4.78 is 0. The Labute approximate surface area is 385 Å². The average molecular weight is 848 g/mol. The number of fused-ring (bicyclic) bond motifs is 8. The van der Waals surface area contributed by atoms with Crippen molar-refractivity contribution in [3.8, 4) is 33.4 Å². The molecule has 3 heteroatoms. The molecule has 0 radical (unpaired) electrons. The lowest BCUT2D eigenvalue weighted by Gasteiger charge is -2.26. The van der Waals surface area contributed by atoms with Gasteiger partial charge in [-0.1, -0.05) is 170 Å². The van der Waals surface area contributed by atoms with Crippen LogP contribution in [0.2, 0.25) is 0 Å². The molecule has 15 aromatic rings. The Morgan fingerprint density at radius 3 is 1.22 bits per heavy atom. The molecule has 2 aromatic heterocycles. The van der Waals surface area contributed by atoms with Crippen molar-refractivity contribution in [2.24, 2.45) is 0 Å². The van der Waals surface area contributed by atoms with E-state index in [9.17, 15) is 0 Å². The minimum atomic E-state index is 0.979. The van der Waals surface area contributed by atoms with Crippen LogP contribution < -0.4 is 4.90 Å². The van der Waals surface area contributed by atoms with E-state index in [2.05, 4.69) is 203 Å². The van der Waals surface area contributed by atoms with E-state index in [1.165, 1.54) is 130 Å². The van der Waals surface area contributed by atoms with Gasteiger partial charge in [-0.05, 0) is 155 Å². The Hall–Kier alpha value is -8.92. The Balaban J connectivity index is 1.13. The molecular formula is C64H37N3. The van der Waals surface area contributed by atoms with Crippen molar-refractivity contribution in [2.45, 2.75) is 0 Å². The molecule has 0 fully saturated rings. The Bertz CT molecular complexity index is 4210. The average Bonchev–Trinajstić information content (AvgIpc) is 3.92. The third kappa shape index (κ3) is 4.95. The summed E-state index contributed by atoms with van der Waals surface area (Å²) >= 11 is 0.